The molecule has 0 aliphatic heterocycles. The average molecular weight is 346 g/mol. The molecule has 0 aliphatic carbocycles. The maximum Gasteiger partial charge on any atom is 0.240 e. The van der Waals surface area contributed by atoms with Gasteiger partial charge in [-0.25, -0.2) is 13.1 Å². The molecule has 0 saturated heterocycles. The monoisotopic (exact) mass is 346 g/mol. The first-order valence-electron chi connectivity index (χ1n) is 7.86. The van der Waals surface area contributed by atoms with Crippen molar-refractivity contribution < 1.29 is 13.2 Å². The van der Waals surface area contributed by atoms with Crippen LogP contribution in [0.15, 0.2) is 53.4 Å². The van der Waals surface area contributed by atoms with E-state index in [0.29, 0.717) is 18.7 Å². The molecular formula is C18H22N2O3S. The Bertz CT molecular complexity index is 782. The van der Waals surface area contributed by atoms with E-state index in [9.17, 15) is 13.2 Å². The molecule has 2 N–H and O–H groups in total. The van der Waals surface area contributed by atoms with Gasteiger partial charge in [-0.3, -0.25) is 4.79 Å². The van der Waals surface area contributed by atoms with Gasteiger partial charge in [-0.05, 0) is 48.2 Å². The van der Waals surface area contributed by atoms with Crippen LogP contribution < -0.4 is 10.0 Å². The van der Waals surface area contributed by atoms with E-state index in [1.165, 1.54) is 24.6 Å². The van der Waals surface area contributed by atoms with E-state index in [0.717, 1.165) is 12.0 Å². The molecule has 0 bridgehead atoms. The number of nitrogens with one attached hydrogen (secondary N) is 2. The molecular weight excluding hydrogens is 324 g/mol. The molecule has 0 aromatic heterocycles. The normalized spacial score (nSPS) is 11.2. The summed E-state index contributed by atoms with van der Waals surface area (Å²) >= 11 is 0. The molecule has 0 saturated carbocycles. The number of hydrogen-bond acceptors (Lipinski definition) is 3. The van der Waals surface area contributed by atoms with Gasteiger partial charge in [0.05, 0.1) is 4.90 Å². The fraction of sp³-hybridized carbons (Fsp3) is 0.278. The Kier molecular flexibility index (Phi) is 6.11. The van der Waals surface area contributed by atoms with E-state index in [1.54, 1.807) is 12.1 Å². The van der Waals surface area contributed by atoms with Crippen LogP contribution >= 0.6 is 0 Å². The van der Waals surface area contributed by atoms with E-state index >= 15 is 0 Å². The van der Waals surface area contributed by atoms with E-state index in [4.69, 9.17) is 0 Å². The van der Waals surface area contributed by atoms with Gasteiger partial charge in [0, 0.05) is 19.2 Å². The number of carbonyl (C=O) groups is 1. The van der Waals surface area contributed by atoms with Crippen molar-refractivity contribution in [3.63, 3.8) is 0 Å². The van der Waals surface area contributed by atoms with Gasteiger partial charge in [-0.15, -0.1) is 0 Å². The highest BCUT2D eigenvalue weighted by molar-refractivity contribution is 7.89. The fourth-order valence-corrected chi connectivity index (χ4v) is 3.31. The minimum Gasteiger partial charge on any atom is -0.326 e. The van der Waals surface area contributed by atoms with E-state index in [2.05, 4.69) is 29.1 Å². The molecule has 128 valence electrons. The highest BCUT2D eigenvalue weighted by Crippen LogP contribution is 2.14. The molecule has 0 fully saturated rings. The van der Waals surface area contributed by atoms with Crippen LogP contribution in [0.5, 0.6) is 0 Å². The van der Waals surface area contributed by atoms with Crippen molar-refractivity contribution >= 4 is 21.6 Å². The lowest BCUT2D eigenvalue weighted by molar-refractivity contribution is -0.114. The molecule has 2 aromatic rings. The minimum atomic E-state index is -3.55. The predicted octanol–water partition coefficient (Wildman–Crippen LogP) is 2.73. The first kappa shape index (κ1) is 18.2. The first-order valence-corrected chi connectivity index (χ1v) is 9.34. The van der Waals surface area contributed by atoms with Crippen LogP contribution in [0.2, 0.25) is 0 Å². The van der Waals surface area contributed by atoms with Crippen molar-refractivity contribution in [2.45, 2.75) is 31.6 Å². The zero-order chi connectivity index (χ0) is 17.6. The summed E-state index contributed by atoms with van der Waals surface area (Å²) in [6, 6.07) is 14.3. The highest BCUT2D eigenvalue weighted by atomic mass is 32.2. The summed E-state index contributed by atoms with van der Waals surface area (Å²) in [5.74, 6) is -0.196. The van der Waals surface area contributed by atoms with Crippen LogP contribution in [0.25, 0.3) is 0 Å². The standard InChI is InChI=1S/C18H22N2O3S/c1-3-15-4-6-16(7-5-15)12-13-19-24(22,23)18-10-8-17(9-11-18)20-14(2)21/h4-11,19H,3,12-13H2,1-2H3,(H,20,21). The number of aryl methyl sites for hydroxylation is 1. The highest BCUT2D eigenvalue weighted by Gasteiger charge is 2.13. The lowest BCUT2D eigenvalue weighted by atomic mass is 10.1. The Morgan fingerprint density at radius 3 is 2.08 bits per heavy atom. The fourth-order valence-electron chi connectivity index (χ4n) is 2.28. The summed E-state index contributed by atoms with van der Waals surface area (Å²) in [5.41, 5.74) is 2.92. The lowest BCUT2D eigenvalue weighted by Crippen LogP contribution is -2.26. The van der Waals surface area contributed by atoms with Crippen molar-refractivity contribution in [3.05, 3.63) is 59.7 Å². The van der Waals surface area contributed by atoms with Crippen molar-refractivity contribution in [2.24, 2.45) is 0 Å². The van der Waals surface area contributed by atoms with E-state index < -0.39 is 10.0 Å². The van der Waals surface area contributed by atoms with E-state index in [1.807, 2.05) is 12.1 Å². The van der Waals surface area contributed by atoms with Crippen molar-refractivity contribution in [1.82, 2.24) is 4.72 Å². The van der Waals surface area contributed by atoms with Crippen LogP contribution in [0.1, 0.15) is 25.0 Å². The van der Waals surface area contributed by atoms with Crippen molar-refractivity contribution in [2.75, 3.05) is 11.9 Å². The molecule has 1 amide bonds. The summed E-state index contributed by atoms with van der Waals surface area (Å²) in [6.45, 7) is 3.83. The molecule has 0 spiro atoms. The summed E-state index contributed by atoms with van der Waals surface area (Å²) in [5, 5.41) is 2.60. The number of anilines is 1. The molecule has 0 unspecified atom stereocenters. The zero-order valence-corrected chi connectivity index (χ0v) is 14.7. The van der Waals surface area contributed by atoms with Crippen molar-refractivity contribution in [3.8, 4) is 0 Å². The number of rotatable bonds is 7. The summed E-state index contributed by atoms with van der Waals surface area (Å²) in [4.78, 5) is 11.1. The van der Waals surface area contributed by atoms with Gasteiger partial charge in [0.1, 0.15) is 0 Å². The van der Waals surface area contributed by atoms with Gasteiger partial charge in [-0.1, -0.05) is 31.2 Å². The predicted molar refractivity (Wildman–Crippen MR) is 95.5 cm³/mol. The third-order valence-corrected chi connectivity index (χ3v) is 5.10. The maximum absolute atomic E-state index is 12.3. The van der Waals surface area contributed by atoms with Gasteiger partial charge in [0.25, 0.3) is 0 Å². The molecule has 0 aliphatic rings. The SMILES string of the molecule is CCc1ccc(CCNS(=O)(=O)c2ccc(NC(C)=O)cc2)cc1. The third-order valence-electron chi connectivity index (χ3n) is 3.62. The van der Waals surface area contributed by atoms with Crippen LogP contribution in [0.4, 0.5) is 5.69 Å². The van der Waals surface area contributed by atoms with Crippen LogP contribution in [0.3, 0.4) is 0 Å². The number of hydrogen-bond donors (Lipinski definition) is 2. The summed E-state index contributed by atoms with van der Waals surface area (Å²) in [7, 11) is -3.55. The number of benzene rings is 2. The van der Waals surface area contributed by atoms with Gasteiger partial charge < -0.3 is 5.32 Å². The largest absolute Gasteiger partial charge is 0.326 e. The zero-order valence-electron chi connectivity index (χ0n) is 13.9. The topological polar surface area (TPSA) is 75.3 Å². The van der Waals surface area contributed by atoms with Crippen LogP contribution in [-0.4, -0.2) is 20.9 Å². The Morgan fingerprint density at radius 1 is 0.958 bits per heavy atom. The Balaban J connectivity index is 1.93. The smallest absolute Gasteiger partial charge is 0.240 e. The second-order valence-electron chi connectivity index (χ2n) is 5.52. The molecule has 5 nitrogen and oxygen atoms in total. The van der Waals surface area contributed by atoms with Crippen LogP contribution in [-0.2, 0) is 27.7 Å². The number of sulfonamides is 1. The molecule has 0 heterocycles. The molecule has 6 heteroatoms. The lowest BCUT2D eigenvalue weighted by Gasteiger charge is -2.08. The second-order valence-corrected chi connectivity index (χ2v) is 7.29. The van der Waals surface area contributed by atoms with E-state index in [-0.39, 0.29) is 10.8 Å². The average Bonchev–Trinajstić information content (AvgIpc) is 2.55. The van der Waals surface area contributed by atoms with Gasteiger partial charge in [0.2, 0.25) is 15.9 Å². The Hall–Kier alpha value is -2.18. The minimum absolute atomic E-state index is 0.179. The molecule has 0 radical (unpaired) electrons. The van der Waals surface area contributed by atoms with Crippen molar-refractivity contribution in [1.29, 1.82) is 0 Å². The number of amides is 1. The maximum atomic E-state index is 12.3. The Morgan fingerprint density at radius 2 is 1.54 bits per heavy atom. The van der Waals surface area contributed by atoms with Gasteiger partial charge >= 0.3 is 0 Å². The third kappa shape index (κ3) is 5.18. The second kappa shape index (κ2) is 8.08. The van der Waals surface area contributed by atoms with Crippen LogP contribution in [0, 0.1) is 0 Å². The quantitative estimate of drug-likeness (QED) is 0.809. The first-order chi connectivity index (χ1) is 11.4. The number of carbonyl (C=O) groups excluding carboxylic acids is 1. The Labute approximate surface area is 143 Å². The van der Waals surface area contributed by atoms with Gasteiger partial charge in [-0.2, -0.15) is 0 Å². The molecule has 2 rings (SSSR count). The summed E-state index contributed by atoms with van der Waals surface area (Å²) < 4.78 is 27.1. The summed E-state index contributed by atoms with van der Waals surface area (Å²) in [6.07, 6.45) is 1.62. The molecule has 24 heavy (non-hydrogen) atoms. The molecule has 0 atom stereocenters. The van der Waals surface area contributed by atoms with Gasteiger partial charge in [0.15, 0.2) is 0 Å². The molecule has 2 aromatic carbocycles.